The van der Waals surface area contributed by atoms with Crippen molar-refractivity contribution < 1.29 is 4.79 Å². The number of carbonyl (C=O) groups excluding carboxylic acids is 1. The van der Waals surface area contributed by atoms with Crippen LogP contribution in [0.3, 0.4) is 0 Å². The fraction of sp³-hybridized carbons (Fsp3) is 0.375. The highest BCUT2D eigenvalue weighted by Gasteiger charge is 2.22. The molecule has 0 spiro atoms. The molecule has 1 aliphatic carbocycles. The molecule has 98 valence electrons. The molecule has 2 heterocycles. The lowest BCUT2D eigenvalue weighted by Crippen LogP contribution is -2.14. The van der Waals surface area contributed by atoms with Gasteiger partial charge in [-0.2, -0.15) is 0 Å². The molecule has 0 bridgehead atoms. The Morgan fingerprint density at radius 3 is 2.95 bits per heavy atom. The van der Waals surface area contributed by atoms with Crippen LogP contribution in [0.15, 0.2) is 24.5 Å². The maximum atomic E-state index is 11.9. The lowest BCUT2D eigenvalue weighted by atomic mass is 9.96. The van der Waals surface area contributed by atoms with Gasteiger partial charge >= 0.3 is 0 Å². The van der Waals surface area contributed by atoms with E-state index >= 15 is 0 Å². The van der Waals surface area contributed by atoms with Crippen molar-refractivity contribution in [3.8, 4) is 0 Å². The van der Waals surface area contributed by atoms with Gasteiger partial charge in [0.05, 0.1) is 0 Å². The first-order valence-corrected chi connectivity index (χ1v) is 6.78. The largest absolute Gasteiger partial charge is 0.344 e. The van der Waals surface area contributed by atoms with Gasteiger partial charge in [-0.25, -0.2) is 0 Å². The van der Waals surface area contributed by atoms with Crippen LogP contribution in [0.5, 0.6) is 0 Å². The lowest BCUT2D eigenvalue weighted by molar-refractivity contribution is 0.0972. The fourth-order valence-corrected chi connectivity index (χ4v) is 2.86. The Hall–Kier alpha value is -1.90. The summed E-state index contributed by atoms with van der Waals surface area (Å²) < 4.78 is 2.29. The van der Waals surface area contributed by atoms with Crippen molar-refractivity contribution in [3.63, 3.8) is 0 Å². The second-order valence-electron chi connectivity index (χ2n) is 5.31. The maximum absolute atomic E-state index is 11.9. The summed E-state index contributed by atoms with van der Waals surface area (Å²) in [6, 6.07) is 4.11. The van der Waals surface area contributed by atoms with Gasteiger partial charge in [0.15, 0.2) is 5.78 Å². The van der Waals surface area contributed by atoms with Crippen LogP contribution in [0.4, 0.5) is 0 Å². The van der Waals surface area contributed by atoms with Crippen molar-refractivity contribution in [2.45, 2.75) is 39.7 Å². The number of nitrogens with zero attached hydrogens (tertiary/aromatic N) is 2. The number of fused-ring (bicyclic) bond motifs is 1. The van der Waals surface area contributed by atoms with Crippen molar-refractivity contribution in [1.82, 2.24) is 9.55 Å². The number of ketones is 1. The molecule has 0 N–H and O–H groups in total. The minimum Gasteiger partial charge on any atom is -0.344 e. The van der Waals surface area contributed by atoms with Crippen LogP contribution >= 0.6 is 0 Å². The topological polar surface area (TPSA) is 34.9 Å². The van der Waals surface area contributed by atoms with Crippen molar-refractivity contribution >= 4 is 5.78 Å². The Bertz CT molecular complexity index is 640. The summed E-state index contributed by atoms with van der Waals surface area (Å²) in [4.78, 5) is 16.1. The molecule has 0 saturated carbocycles. The van der Waals surface area contributed by atoms with Crippen LogP contribution in [0.25, 0.3) is 0 Å². The second kappa shape index (κ2) is 4.65. The molecule has 0 atom stereocenters. The predicted octanol–water partition coefficient (Wildman–Crippen LogP) is 3.07. The van der Waals surface area contributed by atoms with Gasteiger partial charge in [-0.3, -0.25) is 9.78 Å². The van der Waals surface area contributed by atoms with Crippen LogP contribution in [0.2, 0.25) is 0 Å². The van der Waals surface area contributed by atoms with E-state index in [-0.39, 0.29) is 0 Å². The number of carbonyl (C=O) groups is 1. The molecule has 19 heavy (non-hydrogen) atoms. The number of hydrogen-bond acceptors (Lipinski definition) is 2. The van der Waals surface area contributed by atoms with E-state index in [1.54, 1.807) is 0 Å². The number of rotatable bonds is 2. The van der Waals surface area contributed by atoms with Gasteiger partial charge < -0.3 is 4.57 Å². The summed E-state index contributed by atoms with van der Waals surface area (Å²) >= 11 is 0. The first-order valence-electron chi connectivity index (χ1n) is 6.78. The first kappa shape index (κ1) is 12.2. The average molecular weight is 254 g/mol. The Morgan fingerprint density at radius 2 is 2.16 bits per heavy atom. The normalized spacial score (nSPS) is 14.5. The highest BCUT2D eigenvalue weighted by Crippen LogP contribution is 2.26. The summed E-state index contributed by atoms with van der Waals surface area (Å²) in [5.74, 6) is 0.301. The quantitative estimate of drug-likeness (QED) is 0.825. The van der Waals surface area contributed by atoms with E-state index in [1.165, 1.54) is 22.5 Å². The molecule has 1 aliphatic rings. The van der Waals surface area contributed by atoms with Crippen LogP contribution in [0, 0.1) is 13.8 Å². The van der Waals surface area contributed by atoms with Gasteiger partial charge in [-0.05, 0) is 49.9 Å². The Balaban J connectivity index is 2.02. The van der Waals surface area contributed by atoms with Gasteiger partial charge in [-0.15, -0.1) is 0 Å². The van der Waals surface area contributed by atoms with E-state index < -0.39 is 0 Å². The van der Waals surface area contributed by atoms with E-state index in [9.17, 15) is 4.79 Å². The van der Waals surface area contributed by atoms with Gasteiger partial charge in [0.1, 0.15) is 0 Å². The van der Waals surface area contributed by atoms with Gasteiger partial charge in [0, 0.05) is 42.3 Å². The number of pyridine rings is 1. The predicted molar refractivity (Wildman–Crippen MR) is 74.5 cm³/mol. The van der Waals surface area contributed by atoms with Gasteiger partial charge in [-0.1, -0.05) is 0 Å². The standard InChI is InChI=1S/C16H18N2O/c1-11-9-17-7-6-13(11)10-18-12(2)8-14-15(18)4-3-5-16(14)19/h6-9H,3-5,10H2,1-2H3. The molecule has 0 aromatic carbocycles. The zero-order valence-corrected chi connectivity index (χ0v) is 11.4. The molecule has 0 fully saturated rings. The Morgan fingerprint density at radius 1 is 1.32 bits per heavy atom. The molecule has 0 aliphatic heterocycles. The molecule has 0 saturated heterocycles. The fourth-order valence-electron chi connectivity index (χ4n) is 2.86. The van der Waals surface area contributed by atoms with Crippen molar-refractivity contribution in [3.05, 3.63) is 52.6 Å². The van der Waals surface area contributed by atoms with Crippen LogP contribution in [-0.2, 0) is 13.0 Å². The Labute approximate surface area is 113 Å². The van der Waals surface area contributed by atoms with E-state index in [4.69, 9.17) is 0 Å². The monoisotopic (exact) mass is 254 g/mol. The summed E-state index contributed by atoms with van der Waals surface area (Å²) in [6.07, 6.45) is 6.42. The highest BCUT2D eigenvalue weighted by molar-refractivity contribution is 5.98. The highest BCUT2D eigenvalue weighted by atomic mass is 16.1. The molecule has 3 heteroatoms. The van der Waals surface area contributed by atoms with Crippen LogP contribution < -0.4 is 0 Å². The van der Waals surface area contributed by atoms with Gasteiger partial charge in [0.2, 0.25) is 0 Å². The molecular weight excluding hydrogens is 236 g/mol. The number of Topliss-reactive ketones (excluding diaryl/α,β-unsaturated/α-hetero) is 1. The molecular formula is C16H18N2O. The smallest absolute Gasteiger partial charge is 0.164 e. The summed E-state index contributed by atoms with van der Waals surface area (Å²) in [5, 5.41) is 0. The third-order valence-corrected chi connectivity index (χ3v) is 4.00. The molecule has 2 aromatic heterocycles. The minimum atomic E-state index is 0.301. The zero-order valence-electron chi connectivity index (χ0n) is 11.4. The maximum Gasteiger partial charge on any atom is 0.164 e. The number of aromatic nitrogens is 2. The third-order valence-electron chi connectivity index (χ3n) is 4.00. The van der Waals surface area contributed by atoms with Crippen LogP contribution in [-0.4, -0.2) is 15.3 Å². The molecule has 3 rings (SSSR count). The van der Waals surface area contributed by atoms with E-state index in [0.29, 0.717) is 12.2 Å². The zero-order chi connectivity index (χ0) is 13.4. The summed E-state index contributed by atoms with van der Waals surface area (Å²) in [7, 11) is 0. The van der Waals surface area contributed by atoms with E-state index in [0.717, 1.165) is 24.9 Å². The molecule has 0 amide bonds. The number of hydrogen-bond donors (Lipinski definition) is 0. The molecule has 3 nitrogen and oxygen atoms in total. The number of aryl methyl sites for hydroxylation is 2. The minimum absolute atomic E-state index is 0.301. The first-order chi connectivity index (χ1) is 9.16. The van der Waals surface area contributed by atoms with Gasteiger partial charge in [0.25, 0.3) is 0 Å². The van der Waals surface area contributed by atoms with E-state index in [2.05, 4.69) is 29.5 Å². The van der Waals surface area contributed by atoms with Crippen molar-refractivity contribution in [2.75, 3.05) is 0 Å². The van der Waals surface area contributed by atoms with E-state index in [1.807, 2.05) is 18.5 Å². The lowest BCUT2D eigenvalue weighted by Gasteiger charge is -2.16. The Kier molecular flexibility index (Phi) is 2.97. The summed E-state index contributed by atoms with van der Waals surface area (Å²) in [6.45, 7) is 5.00. The molecule has 0 radical (unpaired) electrons. The van der Waals surface area contributed by atoms with Crippen molar-refractivity contribution in [1.29, 1.82) is 0 Å². The second-order valence-corrected chi connectivity index (χ2v) is 5.31. The molecule has 2 aromatic rings. The third kappa shape index (κ3) is 2.09. The average Bonchev–Trinajstić information content (AvgIpc) is 2.71. The summed E-state index contributed by atoms with van der Waals surface area (Å²) in [5.41, 5.74) is 5.80. The molecule has 0 unspecified atom stereocenters. The van der Waals surface area contributed by atoms with Crippen LogP contribution in [0.1, 0.15) is 45.7 Å². The SMILES string of the molecule is Cc1cnccc1Cn1c(C)cc2c1CCCC2=O. The van der Waals surface area contributed by atoms with Crippen molar-refractivity contribution in [2.24, 2.45) is 0 Å².